The predicted molar refractivity (Wildman–Crippen MR) is 82.0 cm³/mol. The monoisotopic (exact) mass is 315 g/mol. The molecule has 1 aromatic rings. The number of alkyl halides is 1. The minimum Gasteiger partial charge on any atom is -0.496 e. The summed E-state index contributed by atoms with van der Waals surface area (Å²) in [5, 5.41) is 3.64. The average Bonchev–Trinajstić information content (AvgIpc) is 2.47. The number of carbonyl (C=O) groups is 1. The molecule has 1 N–H and O–H groups in total. The summed E-state index contributed by atoms with van der Waals surface area (Å²) >= 11 is 12.0. The molecule has 1 aromatic carbocycles. The van der Waals surface area contributed by atoms with Gasteiger partial charge in [0.05, 0.1) is 18.2 Å². The van der Waals surface area contributed by atoms with E-state index >= 15 is 0 Å². The van der Waals surface area contributed by atoms with E-state index in [4.69, 9.17) is 27.9 Å². The summed E-state index contributed by atoms with van der Waals surface area (Å²) in [4.78, 5) is 12.5. The molecule has 0 atom stereocenters. The zero-order chi connectivity index (χ0) is 14.6. The van der Waals surface area contributed by atoms with Gasteiger partial charge in [-0.3, -0.25) is 4.79 Å². The molecule has 0 saturated heterocycles. The van der Waals surface area contributed by atoms with Crippen LogP contribution in [-0.2, 0) is 0 Å². The molecule has 1 fully saturated rings. The molecule has 110 valence electrons. The zero-order valence-electron chi connectivity index (χ0n) is 11.5. The summed E-state index contributed by atoms with van der Waals surface area (Å²) in [6, 6.07) is 5.01. The van der Waals surface area contributed by atoms with E-state index in [1.807, 2.05) is 0 Å². The van der Waals surface area contributed by atoms with E-state index in [2.05, 4.69) is 5.32 Å². The molecule has 0 bridgehead atoms. The summed E-state index contributed by atoms with van der Waals surface area (Å²) in [6.45, 7) is 0. The van der Waals surface area contributed by atoms with Gasteiger partial charge in [0, 0.05) is 10.9 Å². The van der Waals surface area contributed by atoms with Gasteiger partial charge in [0.1, 0.15) is 5.75 Å². The Morgan fingerprint density at radius 3 is 2.65 bits per heavy atom. The molecule has 5 heteroatoms. The second-order valence-corrected chi connectivity index (χ2v) is 5.98. The number of carbonyl (C=O) groups excluding carboxylic acids is 1. The van der Waals surface area contributed by atoms with Crippen molar-refractivity contribution in [2.75, 3.05) is 13.0 Å². The van der Waals surface area contributed by atoms with Gasteiger partial charge >= 0.3 is 0 Å². The molecule has 0 radical (unpaired) electrons. The summed E-state index contributed by atoms with van der Waals surface area (Å²) < 4.78 is 5.22. The van der Waals surface area contributed by atoms with Crippen molar-refractivity contribution in [3.05, 3.63) is 28.8 Å². The number of methoxy groups -OCH3 is 1. The molecular weight excluding hydrogens is 297 g/mol. The van der Waals surface area contributed by atoms with Crippen LogP contribution in [-0.4, -0.2) is 24.4 Å². The van der Waals surface area contributed by atoms with E-state index in [0.717, 1.165) is 25.7 Å². The smallest absolute Gasteiger partial charge is 0.255 e. The van der Waals surface area contributed by atoms with Crippen LogP contribution in [0.1, 0.15) is 42.5 Å². The maximum Gasteiger partial charge on any atom is 0.255 e. The van der Waals surface area contributed by atoms with Crippen LogP contribution in [0, 0.1) is 0 Å². The minimum absolute atomic E-state index is 0.152. The van der Waals surface area contributed by atoms with Crippen molar-refractivity contribution in [3.63, 3.8) is 0 Å². The van der Waals surface area contributed by atoms with E-state index in [1.54, 1.807) is 18.2 Å². The molecule has 1 amide bonds. The first-order valence-corrected chi connectivity index (χ1v) is 7.73. The third-order valence-electron chi connectivity index (χ3n) is 3.85. The quantitative estimate of drug-likeness (QED) is 0.852. The van der Waals surface area contributed by atoms with E-state index < -0.39 is 0 Å². The molecule has 20 heavy (non-hydrogen) atoms. The highest BCUT2D eigenvalue weighted by Crippen LogP contribution is 2.31. The molecule has 1 saturated carbocycles. The van der Waals surface area contributed by atoms with Gasteiger partial charge in [-0.05, 0) is 31.0 Å². The van der Waals surface area contributed by atoms with E-state index in [0.29, 0.717) is 22.2 Å². The molecule has 0 aromatic heterocycles. The van der Waals surface area contributed by atoms with Crippen molar-refractivity contribution in [2.45, 2.75) is 37.6 Å². The number of amides is 1. The first-order valence-electron chi connectivity index (χ1n) is 6.82. The van der Waals surface area contributed by atoms with Gasteiger partial charge in [-0.15, -0.1) is 11.6 Å². The van der Waals surface area contributed by atoms with Gasteiger partial charge in [-0.25, -0.2) is 0 Å². The molecule has 0 unspecified atom stereocenters. The average molecular weight is 316 g/mol. The number of benzene rings is 1. The third kappa shape index (κ3) is 3.39. The van der Waals surface area contributed by atoms with Crippen molar-refractivity contribution in [1.82, 2.24) is 5.32 Å². The molecule has 1 aliphatic rings. The molecule has 2 rings (SSSR count). The summed E-state index contributed by atoms with van der Waals surface area (Å²) in [5.74, 6) is 0.769. The van der Waals surface area contributed by atoms with E-state index in [1.165, 1.54) is 13.5 Å². The highest BCUT2D eigenvalue weighted by atomic mass is 35.5. The molecule has 0 spiro atoms. The lowest BCUT2D eigenvalue weighted by molar-refractivity contribution is 0.0881. The number of nitrogens with one attached hydrogen (secondary N) is 1. The van der Waals surface area contributed by atoms with E-state index in [9.17, 15) is 4.79 Å². The summed E-state index contributed by atoms with van der Waals surface area (Å²) in [5.41, 5.74) is 0.202. The Labute approximate surface area is 129 Å². The van der Waals surface area contributed by atoms with Gasteiger partial charge in [-0.1, -0.05) is 30.9 Å². The topological polar surface area (TPSA) is 38.3 Å². The van der Waals surface area contributed by atoms with Gasteiger partial charge in [0.2, 0.25) is 0 Å². The van der Waals surface area contributed by atoms with Crippen LogP contribution in [0.4, 0.5) is 0 Å². The Hall–Kier alpha value is -0.930. The molecule has 1 aliphatic carbocycles. The number of halogens is 2. The van der Waals surface area contributed by atoms with Gasteiger partial charge in [0.25, 0.3) is 5.91 Å². The molecule has 0 aliphatic heterocycles. The molecule has 0 heterocycles. The largest absolute Gasteiger partial charge is 0.496 e. The lowest BCUT2D eigenvalue weighted by Gasteiger charge is -2.36. The van der Waals surface area contributed by atoms with Crippen molar-refractivity contribution in [1.29, 1.82) is 0 Å². The van der Waals surface area contributed by atoms with Crippen LogP contribution in [0.15, 0.2) is 18.2 Å². The fourth-order valence-electron chi connectivity index (χ4n) is 2.68. The third-order valence-corrected chi connectivity index (χ3v) is 4.60. The highest BCUT2D eigenvalue weighted by Gasteiger charge is 2.33. The fraction of sp³-hybridized carbons (Fsp3) is 0.533. The van der Waals surface area contributed by atoms with Gasteiger partial charge in [-0.2, -0.15) is 0 Å². The Kier molecular flexibility index (Phi) is 5.17. The van der Waals surface area contributed by atoms with Crippen LogP contribution in [0.5, 0.6) is 5.75 Å². The van der Waals surface area contributed by atoms with Gasteiger partial charge in [0.15, 0.2) is 0 Å². The standard InChI is InChI=1S/C15H19Cl2NO2/c1-20-13-9-11(17)5-6-12(13)14(19)18-15(10-16)7-3-2-4-8-15/h5-6,9H,2-4,7-8,10H2,1H3,(H,18,19). The lowest BCUT2D eigenvalue weighted by atomic mass is 9.83. The Morgan fingerprint density at radius 1 is 1.35 bits per heavy atom. The van der Waals surface area contributed by atoms with Crippen LogP contribution in [0.2, 0.25) is 5.02 Å². The van der Waals surface area contributed by atoms with Crippen LogP contribution < -0.4 is 10.1 Å². The first-order chi connectivity index (χ1) is 9.60. The SMILES string of the molecule is COc1cc(Cl)ccc1C(=O)NC1(CCl)CCCCC1. The van der Waals surface area contributed by atoms with E-state index in [-0.39, 0.29) is 11.4 Å². The number of hydrogen-bond acceptors (Lipinski definition) is 2. The zero-order valence-corrected chi connectivity index (χ0v) is 13.1. The number of ether oxygens (including phenoxy) is 1. The maximum absolute atomic E-state index is 12.5. The fourth-order valence-corrected chi connectivity index (χ4v) is 3.18. The number of hydrogen-bond donors (Lipinski definition) is 1. The lowest BCUT2D eigenvalue weighted by Crippen LogP contribution is -2.51. The van der Waals surface area contributed by atoms with Crippen LogP contribution in [0.25, 0.3) is 0 Å². The van der Waals surface area contributed by atoms with Crippen molar-refractivity contribution < 1.29 is 9.53 Å². The van der Waals surface area contributed by atoms with Crippen LogP contribution in [0.3, 0.4) is 0 Å². The molecular formula is C15H19Cl2NO2. The van der Waals surface area contributed by atoms with Crippen molar-refractivity contribution in [3.8, 4) is 5.75 Å². The van der Waals surface area contributed by atoms with Gasteiger partial charge < -0.3 is 10.1 Å². The normalized spacial score (nSPS) is 17.6. The maximum atomic E-state index is 12.5. The van der Waals surface area contributed by atoms with Crippen LogP contribution >= 0.6 is 23.2 Å². The molecule has 3 nitrogen and oxygen atoms in total. The first kappa shape index (κ1) is 15.5. The summed E-state index contributed by atoms with van der Waals surface area (Å²) in [7, 11) is 1.53. The van der Waals surface area contributed by atoms with Crippen molar-refractivity contribution in [2.24, 2.45) is 0 Å². The van der Waals surface area contributed by atoms with Crippen molar-refractivity contribution >= 4 is 29.1 Å². The summed E-state index contributed by atoms with van der Waals surface area (Å²) in [6.07, 6.45) is 5.27. The number of rotatable bonds is 4. The highest BCUT2D eigenvalue weighted by molar-refractivity contribution is 6.30. The second kappa shape index (κ2) is 6.68. The Bertz CT molecular complexity index is 485. The Balaban J connectivity index is 2.18. The second-order valence-electron chi connectivity index (χ2n) is 5.27. The predicted octanol–water partition coefficient (Wildman–Crippen LogP) is 4.02. The minimum atomic E-state index is -0.290. The Morgan fingerprint density at radius 2 is 2.05 bits per heavy atom.